The Morgan fingerprint density at radius 3 is 3.00 bits per heavy atom. The number of hydrogen-bond donors (Lipinski definition) is 0. The molecule has 5 heteroatoms. The molecule has 0 aliphatic rings. The molecule has 78 valence electrons. The lowest BCUT2D eigenvalue weighted by Crippen LogP contribution is -1.95. The average molecular weight is 224 g/mol. The van der Waals surface area contributed by atoms with E-state index in [9.17, 15) is 0 Å². The highest BCUT2D eigenvalue weighted by Gasteiger charge is 2.00. The van der Waals surface area contributed by atoms with Gasteiger partial charge in [-0.05, 0) is 18.2 Å². The molecular formula is C10H10ClN3O. The van der Waals surface area contributed by atoms with E-state index in [0.29, 0.717) is 11.6 Å². The molecule has 0 radical (unpaired) electrons. The van der Waals surface area contributed by atoms with Crippen LogP contribution in [0.25, 0.3) is 0 Å². The van der Waals surface area contributed by atoms with Crippen LogP contribution >= 0.6 is 11.6 Å². The van der Waals surface area contributed by atoms with Gasteiger partial charge in [-0.2, -0.15) is 0 Å². The Hall–Kier alpha value is -1.55. The second kappa shape index (κ2) is 4.31. The Bertz CT molecular complexity index is 455. The zero-order valence-electron chi connectivity index (χ0n) is 8.22. The van der Waals surface area contributed by atoms with Crippen LogP contribution < -0.4 is 4.74 Å². The van der Waals surface area contributed by atoms with Gasteiger partial charge in [-0.15, -0.1) is 5.10 Å². The lowest BCUT2D eigenvalue weighted by atomic mass is 10.3. The molecule has 1 aromatic heterocycles. The van der Waals surface area contributed by atoms with Gasteiger partial charge in [-0.1, -0.05) is 22.9 Å². The van der Waals surface area contributed by atoms with Gasteiger partial charge < -0.3 is 4.74 Å². The van der Waals surface area contributed by atoms with Crippen LogP contribution in [0.3, 0.4) is 0 Å². The summed E-state index contributed by atoms with van der Waals surface area (Å²) in [6, 6.07) is 7.26. The van der Waals surface area contributed by atoms with Crippen LogP contribution in [0.4, 0.5) is 0 Å². The lowest BCUT2D eigenvalue weighted by molar-refractivity contribution is 0.301. The molecule has 1 aromatic carbocycles. The molecule has 15 heavy (non-hydrogen) atoms. The Morgan fingerprint density at radius 1 is 1.47 bits per heavy atom. The summed E-state index contributed by atoms with van der Waals surface area (Å²) in [7, 11) is 1.82. The molecule has 0 saturated heterocycles. The third-order valence-corrected chi connectivity index (χ3v) is 2.07. The van der Waals surface area contributed by atoms with Crippen LogP contribution in [0.2, 0.25) is 5.02 Å². The minimum atomic E-state index is 0.397. The van der Waals surface area contributed by atoms with Crippen molar-refractivity contribution in [2.45, 2.75) is 6.61 Å². The summed E-state index contributed by atoms with van der Waals surface area (Å²) >= 11 is 5.82. The fourth-order valence-corrected chi connectivity index (χ4v) is 1.36. The van der Waals surface area contributed by atoms with Gasteiger partial charge in [0.1, 0.15) is 18.1 Å². The van der Waals surface area contributed by atoms with Crippen molar-refractivity contribution in [2.24, 2.45) is 7.05 Å². The maximum atomic E-state index is 5.82. The molecule has 0 aliphatic carbocycles. The summed E-state index contributed by atoms with van der Waals surface area (Å²) < 4.78 is 7.12. The maximum absolute atomic E-state index is 5.82. The Balaban J connectivity index is 1.99. The van der Waals surface area contributed by atoms with Crippen molar-refractivity contribution in [3.8, 4) is 5.75 Å². The maximum Gasteiger partial charge on any atom is 0.134 e. The fourth-order valence-electron chi connectivity index (χ4n) is 1.18. The highest BCUT2D eigenvalue weighted by atomic mass is 35.5. The van der Waals surface area contributed by atoms with Crippen LogP contribution in [0.15, 0.2) is 30.5 Å². The summed E-state index contributed by atoms with van der Waals surface area (Å²) in [6.07, 6.45) is 1.81. The van der Waals surface area contributed by atoms with E-state index >= 15 is 0 Å². The van der Waals surface area contributed by atoms with Gasteiger partial charge >= 0.3 is 0 Å². The fraction of sp³-hybridized carbons (Fsp3) is 0.200. The summed E-state index contributed by atoms with van der Waals surface area (Å²) in [4.78, 5) is 0. The zero-order valence-corrected chi connectivity index (χ0v) is 8.98. The van der Waals surface area contributed by atoms with Crippen LogP contribution in [0, 0.1) is 0 Å². The molecular weight excluding hydrogens is 214 g/mol. The van der Waals surface area contributed by atoms with E-state index in [1.807, 2.05) is 25.4 Å². The first-order valence-electron chi connectivity index (χ1n) is 4.47. The number of benzene rings is 1. The van der Waals surface area contributed by atoms with Gasteiger partial charge in [0.05, 0.1) is 6.20 Å². The van der Waals surface area contributed by atoms with Crippen molar-refractivity contribution in [3.05, 3.63) is 41.2 Å². The molecule has 0 saturated carbocycles. The second-order valence-corrected chi connectivity index (χ2v) is 3.57. The molecule has 0 bridgehead atoms. The van der Waals surface area contributed by atoms with Gasteiger partial charge in [0.15, 0.2) is 0 Å². The number of rotatable bonds is 3. The highest BCUT2D eigenvalue weighted by molar-refractivity contribution is 6.30. The second-order valence-electron chi connectivity index (χ2n) is 3.13. The van der Waals surface area contributed by atoms with Crippen molar-refractivity contribution < 1.29 is 4.74 Å². The van der Waals surface area contributed by atoms with Crippen molar-refractivity contribution in [1.29, 1.82) is 0 Å². The number of nitrogens with zero attached hydrogens (tertiary/aromatic N) is 3. The molecule has 0 atom stereocenters. The van der Waals surface area contributed by atoms with Gasteiger partial charge in [0, 0.05) is 12.1 Å². The number of hydrogen-bond acceptors (Lipinski definition) is 3. The summed E-state index contributed by atoms with van der Waals surface area (Å²) in [5.74, 6) is 0.730. The molecule has 2 rings (SSSR count). The Labute approximate surface area is 92.4 Å². The molecule has 0 amide bonds. The summed E-state index contributed by atoms with van der Waals surface area (Å²) in [6.45, 7) is 0.397. The van der Waals surface area contributed by atoms with Crippen molar-refractivity contribution in [2.75, 3.05) is 0 Å². The van der Waals surface area contributed by atoms with E-state index in [1.165, 1.54) is 0 Å². The minimum Gasteiger partial charge on any atom is -0.487 e. The van der Waals surface area contributed by atoms with Crippen molar-refractivity contribution in [1.82, 2.24) is 15.0 Å². The molecule has 0 fully saturated rings. The summed E-state index contributed by atoms with van der Waals surface area (Å²) in [5.41, 5.74) is 0.789. The first-order valence-corrected chi connectivity index (χ1v) is 4.85. The SMILES string of the molecule is Cn1cc(COc2cccc(Cl)c2)nn1. The van der Waals surface area contributed by atoms with E-state index < -0.39 is 0 Å². The van der Waals surface area contributed by atoms with E-state index in [1.54, 1.807) is 16.8 Å². The van der Waals surface area contributed by atoms with Crippen molar-refractivity contribution >= 4 is 11.6 Å². The van der Waals surface area contributed by atoms with Gasteiger partial charge in [-0.25, -0.2) is 0 Å². The quantitative estimate of drug-likeness (QED) is 0.800. The predicted octanol–water partition coefficient (Wildman–Crippen LogP) is 2.05. The van der Waals surface area contributed by atoms with E-state index in [0.717, 1.165) is 11.4 Å². The summed E-state index contributed by atoms with van der Waals surface area (Å²) in [5, 5.41) is 8.37. The first-order chi connectivity index (χ1) is 7.24. The van der Waals surface area contributed by atoms with Crippen LogP contribution in [-0.4, -0.2) is 15.0 Å². The molecule has 2 aromatic rings. The zero-order chi connectivity index (χ0) is 10.7. The smallest absolute Gasteiger partial charge is 0.134 e. The van der Waals surface area contributed by atoms with Crippen LogP contribution in [0.5, 0.6) is 5.75 Å². The number of aromatic nitrogens is 3. The van der Waals surface area contributed by atoms with E-state index in [2.05, 4.69) is 10.3 Å². The van der Waals surface area contributed by atoms with Crippen molar-refractivity contribution in [3.63, 3.8) is 0 Å². The van der Waals surface area contributed by atoms with Gasteiger partial charge in [0.2, 0.25) is 0 Å². The Kier molecular flexibility index (Phi) is 2.87. The van der Waals surface area contributed by atoms with E-state index in [4.69, 9.17) is 16.3 Å². The first kappa shape index (κ1) is 9.98. The van der Waals surface area contributed by atoms with E-state index in [-0.39, 0.29) is 0 Å². The van der Waals surface area contributed by atoms with Gasteiger partial charge in [0.25, 0.3) is 0 Å². The molecule has 0 spiro atoms. The third-order valence-electron chi connectivity index (χ3n) is 1.83. The van der Waals surface area contributed by atoms with Crippen LogP contribution in [-0.2, 0) is 13.7 Å². The number of aryl methyl sites for hydroxylation is 1. The lowest BCUT2D eigenvalue weighted by Gasteiger charge is -2.03. The average Bonchev–Trinajstić information content (AvgIpc) is 2.62. The number of halogens is 1. The minimum absolute atomic E-state index is 0.397. The van der Waals surface area contributed by atoms with Gasteiger partial charge in [-0.3, -0.25) is 4.68 Å². The molecule has 0 aliphatic heterocycles. The number of ether oxygens (including phenoxy) is 1. The molecule has 0 unspecified atom stereocenters. The molecule has 1 heterocycles. The normalized spacial score (nSPS) is 10.3. The molecule has 0 N–H and O–H groups in total. The standard InChI is InChI=1S/C10H10ClN3O/c1-14-6-9(12-13-14)7-15-10-4-2-3-8(11)5-10/h2-6H,7H2,1H3. The Morgan fingerprint density at radius 2 is 2.33 bits per heavy atom. The highest BCUT2D eigenvalue weighted by Crippen LogP contribution is 2.17. The monoisotopic (exact) mass is 223 g/mol. The molecule has 4 nitrogen and oxygen atoms in total. The predicted molar refractivity (Wildman–Crippen MR) is 56.8 cm³/mol. The third kappa shape index (κ3) is 2.70. The largest absolute Gasteiger partial charge is 0.487 e. The van der Waals surface area contributed by atoms with Crippen LogP contribution in [0.1, 0.15) is 5.69 Å². The topological polar surface area (TPSA) is 39.9 Å².